The number of anilines is 1. The molecule has 0 aliphatic rings. The molecule has 0 saturated carbocycles. The molecule has 8 nitrogen and oxygen atoms in total. The number of carbonyl (C=O) groups excluding carboxylic acids is 1. The van der Waals surface area contributed by atoms with Crippen LogP contribution >= 0.6 is 0 Å². The van der Waals surface area contributed by atoms with Crippen LogP contribution in [0.2, 0.25) is 0 Å². The van der Waals surface area contributed by atoms with E-state index in [0.29, 0.717) is 36.3 Å². The first-order valence-electron chi connectivity index (χ1n) is 9.55. The van der Waals surface area contributed by atoms with Gasteiger partial charge < -0.3 is 19.8 Å². The van der Waals surface area contributed by atoms with E-state index >= 15 is 0 Å². The highest BCUT2D eigenvalue weighted by molar-refractivity contribution is 6.05. The van der Waals surface area contributed by atoms with Gasteiger partial charge in [0.05, 0.1) is 30.3 Å². The van der Waals surface area contributed by atoms with Crippen LogP contribution in [-0.4, -0.2) is 45.5 Å². The summed E-state index contributed by atoms with van der Waals surface area (Å²) in [6.07, 6.45) is -0.678. The maximum absolute atomic E-state index is 12.9. The summed E-state index contributed by atoms with van der Waals surface area (Å²) in [7, 11) is 1.72. The Morgan fingerprint density at radius 3 is 2.75 bits per heavy atom. The molecule has 1 aromatic carbocycles. The molecule has 11 heteroatoms. The van der Waals surface area contributed by atoms with Gasteiger partial charge in [0.15, 0.2) is 0 Å². The smallest absolute Gasteiger partial charge is 0.432 e. The lowest BCUT2D eigenvalue weighted by atomic mass is 10.1. The number of alkyl halides is 3. The molecule has 2 heterocycles. The van der Waals surface area contributed by atoms with E-state index < -0.39 is 17.8 Å². The fourth-order valence-corrected chi connectivity index (χ4v) is 2.64. The lowest BCUT2D eigenvalue weighted by Crippen LogP contribution is -2.12. The van der Waals surface area contributed by atoms with Gasteiger partial charge in [-0.15, -0.1) is 0 Å². The number of carbonyl (C=O) groups is 1. The van der Waals surface area contributed by atoms with Gasteiger partial charge in [0.2, 0.25) is 0 Å². The minimum Gasteiger partial charge on any atom is -0.489 e. The minimum atomic E-state index is -4.55. The van der Waals surface area contributed by atoms with Gasteiger partial charge in [0.25, 0.3) is 0 Å². The van der Waals surface area contributed by atoms with Crippen molar-refractivity contribution in [2.75, 3.05) is 25.1 Å². The number of imidazole rings is 1. The Morgan fingerprint density at radius 2 is 2.09 bits per heavy atom. The first-order valence-corrected chi connectivity index (χ1v) is 9.55. The maximum atomic E-state index is 12.9. The third kappa shape index (κ3) is 6.12. The van der Waals surface area contributed by atoms with E-state index in [0.717, 1.165) is 0 Å². The zero-order valence-corrected chi connectivity index (χ0v) is 17.3. The molecule has 3 rings (SSSR count). The molecule has 0 aliphatic carbocycles. The van der Waals surface area contributed by atoms with Crippen LogP contribution in [0.5, 0.6) is 5.75 Å². The van der Waals surface area contributed by atoms with E-state index in [4.69, 9.17) is 9.47 Å². The SMILES string of the molecule is CCOCCOc1ccc(-c2ncc(C(F)(F)F)[nH]2)cc1NC(=O)C#Cc1cnn(C)c1. The number of nitrogens with one attached hydrogen (secondary N) is 2. The van der Waals surface area contributed by atoms with Gasteiger partial charge in [-0.2, -0.15) is 18.3 Å². The standard InChI is InChI=1S/C21H20F3N5O3/c1-3-31-8-9-32-17-6-5-15(20-25-12-18(28-20)21(22,23)24)10-16(17)27-19(30)7-4-14-11-26-29(2)13-14/h5-6,10-13H,3,8-9H2,1-2H3,(H,25,28)(H,27,30). The van der Waals surface area contributed by atoms with Crippen molar-refractivity contribution >= 4 is 11.6 Å². The number of amides is 1. The van der Waals surface area contributed by atoms with E-state index in [1.54, 1.807) is 17.9 Å². The number of benzene rings is 1. The monoisotopic (exact) mass is 447 g/mol. The van der Waals surface area contributed by atoms with Gasteiger partial charge in [0.1, 0.15) is 23.9 Å². The van der Waals surface area contributed by atoms with Crippen molar-refractivity contribution in [2.24, 2.45) is 7.05 Å². The molecule has 0 unspecified atom stereocenters. The zero-order valence-electron chi connectivity index (χ0n) is 17.3. The predicted molar refractivity (Wildman–Crippen MR) is 110 cm³/mol. The van der Waals surface area contributed by atoms with Crippen LogP contribution in [0, 0.1) is 11.8 Å². The first-order chi connectivity index (χ1) is 15.3. The summed E-state index contributed by atoms with van der Waals surface area (Å²) in [4.78, 5) is 18.4. The number of halogens is 3. The summed E-state index contributed by atoms with van der Waals surface area (Å²) in [6.45, 7) is 2.92. The van der Waals surface area contributed by atoms with E-state index in [1.807, 2.05) is 6.92 Å². The molecular weight excluding hydrogens is 427 g/mol. The van der Waals surface area contributed by atoms with Gasteiger partial charge in [0, 0.05) is 31.3 Å². The van der Waals surface area contributed by atoms with Crippen LogP contribution in [0.25, 0.3) is 11.4 Å². The quantitative estimate of drug-likeness (QED) is 0.429. The summed E-state index contributed by atoms with van der Waals surface area (Å²) >= 11 is 0. The van der Waals surface area contributed by atoms with Crippen LogP contribution in [0.4, 0.5) is 18.9 Å². The molecular formula is C21H20F3N5O3. The summed E-state index contributed by atoms with van der Waals surface area (Å²) < 4.78 is 51.1. The maximum Gasteiger partial charge on any atom is 0.432 e. The average molecular weight is 447 g/mol. The van der Waals surface area contributed by atoms with Crippen molar-refractivity contribution in [1.29, 1.82) is 0 Å². The van der Waals surface area contributed by atoms with Crippen molar-refractivity contribution in [3.05, 3.63) is 48.0 Å². The Balaban J connectivity index is 1.84. The van der Waals surface area contributed by atoms with Crippen LogP contribution < -0.4 is 10.1 Å². The van der Waals surface area contributed by atoms with Crippen molar-refractivity contribution in [1.82, 2.24) is 19.7 Å². The van der Waals surface area contributed by atoms with Gasteiger partial charge in [-0.25, -0.2) is 4.98 Å². The van der Waals surface area contributed by atoms with Gasteiger partial charge in [-0.3, -0.25) is 9.48 Å². The molecule has 0 aliphatic heterocycles. The molecule has 168 valence electrons. The Hall–Kier alpha value is -3.78. The second kappa shape index (κ2) is 10.0. The molecule has 3 aromatic rings. The molecule has 2 aromatic heterocycles. The fraction of sp³-hybridized carbons (Fsp3) is 0.286. The Labute approximate surface area is 181 Å². The Kier molecular flexibility index (Phi) is 7.17. The second-order valence-corrected chi connectivity index (χ2v) is 6.51. The number of hydrogen-bond acceptors (Lipinski definition) is 5. The molecule has 2 N–H and O–H groups in total. The normalized spacial score (nSPS) is 11.0. The third-order valence-electron chi connectivity index (χ3n) is 4.10. The lowest BCUT2D eigenvalue weighted by Gasteiger charge is -2.13. The van der Waals surface area contributed by atoms with Crippen molar-refractivity contribution in [3.8, 4) is 29.0 Å². The summed E-state index contributed by atoms with van der Waals surface area (Å²) in [6, 6.07) is 4.52. The number of rotatable bonds is 7. The third-order valence-corrected chi connectivity index (χ3v) is 4.10. The van der Waals surface area contributed by atoms with Crippen LogP contribution in [0.15, 0.2) is 36.8 Å². The summed E-state index contributed by atoms with van der Waals surface area (Å²) in [5.41, 5.74) is 0.139. The summed E-state index contributed by atoms with van der Waals surface area (Å²) in [5.74, 6) is 4.80. The van der Waals surface area contributed by atoms with Gasteiger partial charge >= 0.3 is 12.1 Å². The molecule has 0 radical (unpaired) electrons. The number of ether oxygens (including phenoxy) is 2. The topological polar surface area (TPSA) is 94.1 Å². The number of aromatic amines is 1. The molecule has 0 fully saturated rings. The van der Waals surface area contributed by atoms with Crippen molar-refractivity contribution < 1.29 is 27.4 Å². The summed E-state index contributed by atoms with van der Waals surface area (Å²) in [5, 5.41) is 6.57. The predicted octanol–water partition coefficient (Wildman–Crippen LogP) is 3.23. The fourth-order valence-electron chi connectivity index (χ4n) is 2.64. The molecule has 32 heavy (non-hydrogen) atoms. The van der Waals surface area contributed by atoms with Gasteiger partial charge in [-0.1, -0.05) is 5.92 Å². The number of aromatic nitrogens is 4. The van der Waals surface area contributed by atoms with E-state index in [2.05, 4.69) is 32.2 Å². The molecule has 0 spiro atoms. The molecule has 0 atom stereocenters. The Morgan fingerprint density at radius 1 is 1.28 bits per heavy atom. The number of nitrogens with zero attached hydrogens (tertiary/aromatic N) is 3. The molecule has 0 saturated heterocycles. The Bertz CT molecular complexity index is 1140. The average Bonchev–Trinajstić information content (AvgIpc) is 3.40. The van der Waals surface area contributed by atoms with E-state index in [-0.39, 0.29) is 18.1 Å². The number of H-pyrrole nitrogens is 1. The second-order valence-electron chi connectivity index (χ2n) is 6.51. The minimum absolute atomic E-state index is 0.00451. The highest BCUT2D eigenvalue weighted by Gasteiger charge is 2.33. The molecule has 1 amide bonds. The molecule has 0 bridgehead atoms. The van der Waals surface area contributed by atoms with E-state index in [9.17, 15) is 18.0 Å². The van der Waals surface area contributed by atoms with Crippen LogP contribution in [0.3, 0.4) is 0 Å². The van der Waals surface area contributed by atoms with Crippen LogP contribution in [-0.2, 0) is 22.8 Å². The highest BCUT2D eigenvalue weighted by atomic mass is 19.4. The van der Waals surface area contributed by atoms with Gasteiger partial charge in [-0.05, 0) is 25.1 Å². The first kappa shape index (κ1) is 22.9. The van der Waals surface area contributed by atoms with Crippen LogP contribution in [0.1, 0.15) is 18.2 Å². The number of aryl methyl sites for hydroxylation is 1. The largest absolute Gasteiger partial charge is 0.489 e. The van der Waals surface area contributed by atoms with E-state index in [1.165, 1.54) is 24.4 Å². The van der Waals surface area contributed by atoms with Crippen molar-refractivity contribution in [3.63, 3.8) is 0 Å². The lowest BCUT2D eigenvalue weighted by molar-refractivity contribution is -0.140. The zero-order chi connectivity index (χ0) is 23.1. The van der Waals surface area contributed by atoms with Crippen molar-refractivity contribution in [2.45, 2.75) is 13.1 Å². The number of hydrogen-bond donors (Lipinski definition) is 2. The highest BCUT2D eigenvalue weighted by Crippen LogP contribution is 2.32.